The summed E-state index contributed by atoms with van der Waals surface area (Å²) in [6, 6.07) is 8.44. The number of halogens is 1. The second-order valence-corrected chi connectivity index (χ2v) is 6.63. The summed E-state index contributed by atoms with van der Waals surface area (Å²) >= 11 is 7.50. The Morgan fingerprint density at radius 2 is 2.24 bits per heavy atom. The lowest BCUT2D eigenvalue weighted by atomic mass is 10.1. The number of aromatic nitrogens is 1. The Morgan fingerprint density at radius 3 is 2.95 bits per heavy atom. The predicted molar refractivity (Wildman–Crippen MR) is 87.6 cm³/mol. The van der Waals surface area contributed by atoms with Gasteiger partial charge >= 0.3 is 0 Å². The molecule has 21 heavy (non-hydrogen) atoms. The first-order valence-electron chi connectivity index (χ1n) is 7.22. The Balaban J connectivity index is 1.79. The van der Waals surface area contributed by atoms with Crippen LogP contribution in [0, 0.1) is 5.92 Å². The summed E-state index contributed by atoms with van der Waals surface area (Å²) in [5.41, 5.74) is 3.44. The number of benzene rings is 1. The van der Waals surface area contributed by atoms with Gasteiger partial charge in [0, 0.05) is 30.6 Å². The molecule has 1 saturated heterocycles. The van der Waals surface area contributed by atoms with E-state index in [-0.39, 0.29) is 0 Å². The van der Waals surface area contributed by atoms with Crippen molar-refractivity contribution in [3.63, 3.8) is 0 Å². The van der Waals surface area contributed by atoms with E-state index in [0.29, 0.717) is 18.4 Å². The van der Waals surface area contributed by atoms with Crippen LogP contribution in [0.1, 0.15) is 17.7 Å². The van der Waals surface area contributed by atoms with Crippen molar-refractivity contribution < 1.29 is 5.11 Å². The number of alkyl halides is 1. The molecular formula is C16H19ClN2OS. The van der Waals surface area contributed by atoms with Crippen LogP contribution in [-0.2, 0) is 12.4 Å². The molecule has 1 unspecified atom stereocenters. The molecule has 1 N–H and O–H groups in total. The molecule has 3 nitrogen and oxygen atoms in total. The fraction of sp³-hybridized carbons (Fsp3) is 0.438. The van der Waals surface area contributed by atoms with Crippen molar-refractivity contribution in [3.8, 4) is 10.6 Å². The highest BCUT2D eigenvalue weighted by Gasteiger charge is 2.22. The van der Waals surface area contributed by atoms with Gasteiger partial charge in [0.25, 0.3) is 0 Å². The van der Waals surface area contributed by atoms with Gasteiger partial charge in [-0.2, -0.15) is 0 Å². The van der Waals surface area contributed by atoms with E-state index in [0.717, 1.165) is 36.8 Å². The van der Waals surface area contributed by atoms with Crippen LogP contribution in [0.25, 0.3) is 10.6 Å². The summed E-state index contributed by atoms with van der Waals surface area (Å²) in [4.78, 5) is 7.01. The summed E-state index contributed by atoms with van der Waals surface area (Å²) < 4.78 is 0. The first kappa shape index (κ1) is 15.0. The van der Waals surface area contributed by atoms with E-state index in [9.17, 15) is 5.11 Å². The zero-order valence-electron chi connectivity index (χ0n) is 11.8. The molecule has 1 fully saturated rings. The van der Waals surface area contributed by atoms with Crippen LogP contribution in [0.5, 0.6) is 0 Å². The third kappa shape index (κ3) is 3.46. The van der Waals surface area contributed by atoms with Crippen LogP contribution in [0.15, 0.2) is 29.6 Å². The summed E-state index contributed by atoms with van der Waals surface area (Å²) in [5.74, 6) is 0.892. The van der Waals surface area contributed by atoms with Crippen LogP contribution in [0.4, 0.5) is 0 Å². The lowest BCUT2D eigenvalue weighted by Crippen LogP contribution is -2.21. The van der Waals surface area contributed by atoms with Gasteiger partial charge in [0.2, 0.25) is 0 Å². The van der Waals surface area contributed by atoms with E-state index in [4.69, 9.17) is 11.6 Å². The van der Waals surface area contributed by atoms with Crippen LogP contribution in [0.3, 0.4) is 0 Å². The number of rotatable bonds is 5. The molecule has 1 atom stereocenters. The number of aliphatic hydroxyl groups is 1. The van der Waals surface area contributed by atoms with Gasteiger partial charge in [0.1, 0.15) is 5.01 Å². The average molecular weight is 323 g/mol. The third-order valence-electron chi connectivity index (χ3n) is 3.96. The van der Waals surface area contributed by atoms with Gasteiger partial charge in [-0.1, -0.05) is 24.3 Å². The third-order valence-corrected chi connectivity index (χ3v) is 5.16. The second kappa shape index (κ2) is 6.88. The number of thiazole rings is 1. The van der Waals surface area contributed by atoms with Gasteiger partial charge in [0.15, 0.2) is 0 Å². The predicted octanol–water partition coefficient (Wildman–Crippen LogP) is 3.36. The molecule has 0 amide bonds. The van der Waals surface area contributed by atoms with E-state index >= 15 is 0 Å². The maximum Gasteiger partial charge on any atom is 0.123 e. The van der Waals surface area contributed by atoms with E-state index in [1.54, 1.807) is 11.3 Å². The molecule has 2 aromatic rings. The highest BCUT2D eigenvalue weighted by molar-refractivity contribution is 7.13. The van der Waals surface area contributed by atoms with Crippen molar-refractivity contribution in [2.24, 2.45) is 5.92 Å². The Bertz CT molecular complexity index is 601. The molecule has 112 valence electrons. The smallest absolute Gasteiger partial charge is 0.123 e. The van der Waals surface area contributed by atoms with E-state index in [2.05, 4.69) is 34.1 Å². The Morgan fingerprint density at radius 1 is 1.38 bits per heavy atom. The van der Waals surface area contributed by atoms with Crippen LogP contribution >= 0.6 is 22.9 Å². The van der Waals surface area contributed by atoms with Crippen molar-refractivity contribution in [1.29, 1.82) is 0 Å². The Hall–Kier alpha value is -0.940. The maximum atomic E-state index is 9.26. The molecule has 3 rings (SSSR count). The largest absolute Gasteiger partial charge is 0.396 e. The molecule has 2 heterocycles. The molecule has 0 radical (unpaired) electrons. The number of hydrogen-bond donors (Lipinski definition) is 1. The normalized spacial score (nSPS) is 19.2. The lowest BCUT2D eigenvalue weighted by molar-refractivity contribution is 0.220. The number of hydrogen-bond acceptors (Lipinski definition) is 4. The van der Waals surface area contributed by atoms with Crippen molar-refractivity contribution in [2.45, 2.75) is 18.8 Å². The zero-order chi connectivity index (χ0) is 14.7. The summed E-state index contributed by atoms with van der Waals surface area (Å²) in [7, 11) is 0. The van der Waals surface area contributed by atoms with Gasteiger partial charge in [0.05, 0.1) is 11.6 Å². The molecule has 1 aliphatic rings. The second-order valence-electron chi connectivity index (χ2n) is 5.51. The number of likely N-dealkylation sites (tertiary alicyclic amines) is 1. The van der Waals surface area contributed by atoms with Gasteiger partial charge in [-0.05, 0) is 24.4 Å². The molecule has 1 aromatic heterocycles. The van der Waals surface area contributed by atoms with Gasteiger partial charge in [-0.3, -0.25) is 4.90 Å². The van der Waals surface area contributed by atoms with Crippen LogP contribution in [0.2, 0.25) is 0 Å². The molecular weight excluding hydrogens is 304 g/mol. The fourth-order valence-corrected chi connectivity index (χ4v) is 3.91. The standard InChI is InChI=1S/C16H19ClN2OS/c17-7-14-11-21-16(18-14)15-4-2-1-3-13(15)9-19-6-5-12(8-19)10-20/h1-4,11-12,20H,5-10H2. The van der Waals surface area contributed by atoms with Crippen molar-refractivity contribution >= 4 is 22.9 Å². The van der Waals surface area contributed by atoms with E-state index in [1.165, 1.54) is 11.1 Å². The van der Waals surface area contributed by atoms with Gasteiger partial charge in [-0.15, -0.1) is 22.9 Å². The number of nitrogens with zero attached hydrogens (tertiary/aromatic N) is 2. The monoisotopic (exact) mass is 322 g/mol. The zero-order valence-corrected chi connectivity index (χ0v) is 13.4. The quantitative estimate of drug-likeness (QED) is 0.857. The maximum absolute atomic E-state index is 9.26. The molecule has 0 saturated carbocycles. The van der Waals surface area contributed by atoms with Gasteiger partial charge in [-0.25, -0.2) is 4.98 Å². The summed E-state index contributed by atoms with van der Waals surface area (Å²) in [6.45, 7) is 3.26. The highest BCUT2D eigenvalue weighted by atomic mass is 35.5. The highest BCUT2D eigenvalue weighted by Crippen LogP contribution is 2.29. The lowest BCUT2D eigenvalue weighted by Gasteiger charge is -2.17. The minimum Gasteiger partial charge on any atom is -0.396 e. The fourth-order valence-electron chi connectivity index (χ4n) is 2.81. The first-order chi connectivity index (χ1) is 10.3. The number of aliphatic hydroxyl groups excluding tert-OH is 1. The van der Waals surface area contributed by atoms with Crippen LogP contribution in [-0.4, -0.2) is 34.7 Å². The van der Waals surface area contributed by atoms with Crippen LogP contribution < -0.4 is 0 Å². The molecule has 0 aliphatic carbocycles. The Kier molecular flexibility index (Phi) is 4.91. The molecule has 5 heteroatoms. The molecule has 0 spiro atoms. The average Bonchev–Trinajstić information content (AvgIpc) is 3.16. The Labute approximate surface area is 134 Å². The van der Waals surface area contributed by atoms with Crippen molar-refractivity contribution in [3.05, 3.63) is 40.9 Å². The van der Waals surface area contributed by atoms with Gasteiger partial charge < -0.3 is 5.11 Å². The molecule has 1 aliphatic heterocycles. The summed E-state index contributed by atoms with van der Waals surface area (Å²) in [5, 5.41) is 12.3. The first-order valence-corrected chi connectivity index (χ1v) is 8.63. The van der Waals surface area contributed by atoms with Crippen molar-refractivity contribution in [1.82, 2.24) is 9.88 Å². The SMILES string of the molecule is OCC1CCN(Cc2ccccc2-c2nc(CCl)cs2)C1. The topological polar surface area (TPSA) is 36.4 Å². The minimum absolute atomic E-state index is 0.295. The minimum atomic E-state index is 0.295. The van der Waals surface area contributed by atoms with E-state index in [1.807, 2.05) is 5.38 Å². The van der Waals surface area contributed by atoms with Crippen molar-refractivity contribution in [2.75, 3.05) is 19.7 Å². The molecule has 0 bridgehead atoms. The summed E-state index contributed by atoms with van der Waals surface area (Å²) in [6.07, 6.45) is 1.09. The van der Waals surface area contributed by atoms with E-state index < -0.39 is 0 Å². The molecule has 1 aromatic carbocycles.